The number of fused-ring (bicyclic) bond motifs is 4. The number of hydrogen-bond acceptors (Lipinski definition) is 7. The van der Waals surface area contributed by atoms with Crippen molar-refractivity contribution >= 4 is 28.4 Å². The lowest BCUT2D eigenvalue weighted by Crippen LogP contribution is -2.57. The summed E-state index contributed by atoms with van der Waals surface area (Å²) in [6.45, 7) is 20.7. The first-order valence-electron chi connectivity index (χ1n) is 19.0. The molecule has 4 saturated heterocycles. The van der Waals surface area contributed by atoms with Crippen molar-refractivity contribution in [1.29, 1.82) is 0 Å². The summed E-state index contributed by atoms with van der Waals surface area (Å²) < 4.78 is 42.3. The zero-order valence-corrected chi connectivity index (χ0v) is 32.1. The lowest BCUT2D eigenvalue weighted by atomic mass is 9.96. The van der Waals surface area contributed by atoms with Gasteiger partial charge in [0.2, 0.25) is 5.91 Å². The number of hydroxylamine groups is 2. The summed E-state index contributed by atoms with van der Waals surface area (Å²) in [7, 11) is -4.83. The zero-order valence-electron chi connectivity index (χ0n) is 31.3. The van der Waals surface area contributed by atoms with Gasteiger partial charge >= 0.3 is 22.5 Å². The van der Waals surface area contributed by atoms with Crippen LogP contribution in [0.15, 0.2) is 0 Å². The van der Waals surface area contributed by atoms with Crippen molar-refractivity contribution in [2.75, 3.05) is 32.7 Å². The third-order valence-electron chi connectivity index (χ3n) is 10.4. The maximum Gasteiger partial charge on any atom is 0.418 e. The molecule has 2 N–H and O–H groups in total. The Morgan fingerprint density at radius 2 is 1.31 bits per heavy atom. The van der Waals surface area contributed by atoms with Gasteiger partial charge in [-0.1, -0.05) is 53.4 Å². The van der Waals surface area contributed by atoms with Crippen LogP contribution >= 0.6 is 0 Å². The summed E-state index contributed by atoms with van der Waals surface area (Å²) in [6, 6.07) is -2.17. The van der Waals surface area contributed by atoms with Crippen LogP contribution in [-0.4, -0.2) is 119 Å². The molecule has 2 unspecified atom stereocenters. The normalized spacial score (nSPS) is 25.3. The van der Waals surface area contributed by atoms with Gasteiger partial charge in [0.05, 0.1) is 32.2 Å². The summed E-state index contributed by atoms with van der Waals surface area (Å²) in [4.78, 5) is 41.2. The van der Waals surface area contributed by atoms with Crippen molar-refractivity contribution in [2.45, 2.75) is 174 Å². The first-order chi connectivity index (χ1) is 23.1. The number of carbonyl (C=O) groups excluding carboxylic acids is 3. The molecule has 0 aromatic carbocycles. The highest BCUT2D eigenvalue weighted by molar-refractivity contribution is 7.80. The number of rotatable bonds is 16. The van der Waals surface area contributed by atoms with Gasteiger partial charge in [0.15, 0.2) is 0 Å². The molecule has 13 nitrogen and oxygen atoms in total. The Labute approximate surface area is 295 Å². The summed E-state index contributed by atoms with van der Waals surface area (Å²) >= 11 is 0. The molecule has 0 spiro atoms. The van der Waals surface area contributed by atoms with Gasteiger partial charge in [0, 0.05) is 24.7 Å². The number of quaternary nitrogens is 1. The van der Waals surface area contributed by atoms with Crippen LogP contribution in [0.25, 0.3) is 0 Å². The Balaban J connectivity index is 0.000000326. The van der Waals surface area contributed by atoms with Crippen LogP contribution in [0.1, 0.15) is 138 Å². The maximum absolute atomic E-state index is 13.0. The molecule has 4 fully saturated rings. The van der Waals surface area contributed by atoms with E-state index in [9.17, 15) is 22.8 Å². The van der Waals surface area contributed by atoms with Gasteiger partial charge in [0.1, 0.15) is 11.6 Å². The number of ether oxygens (including phenoxy) is 1. The van der Waals surface area contributed by atoms with Crippen LogP contribution in [0, 0.1) is 0 Å². The van der Waals surface area contributed by atoms with Gasteiger partial charge in [-0.2, -0.15) is 13.5 Å². The molecule has 0 aromatic heterocycles. The number of carbonyl (C=O) groups is 3. The molecule has 4 aliphatic rings. The topological polar surface area (TPSA) is 146 Å². The van der Waals surface area contributed by atoms with E-state index in [-0.39, 0.29) is 36.7 Å². The number of piperidine rings is 2. The van der Waals surface area contributed by atoms with E-state index in [1.165, 1.54) is 86.9 Å². The molecular formula is C35H66N5O8S+. The highest BCUT2D eigenvalue weighted by Gasteiger charge is 2.50. The molecule has 4 bridgehead atoms. The highest BCUT2D eigenvalue weighted by Crippen LogP contribution is 2.37. The minimum atomic E-state index is -4.83. The van der Waals surface area contributed by atoms with Crippen molar-refractivity contribution in [2.24, 2.45) is 0 Å². The lowest BCUT2D eigenvalue weighted by molar-refractivity contribution is -0.929. The number of urea groups is 1. The first-order valence-corrected chi connectivity index (χ1v) is 20.4. The van der Waals surface area contributed by atoms with Crippen molar-refractivity contribution in [3.63, 3.8) is 0 Å². The number of nitrogens with zero attached hydrogens (tertiary/aromatic N) is 4. The van der Waals surface area contributed by atoms with Crippen LogP contribution in [0.2, 0.25) is 0 Å². The fourth-order valence-electron chi connectivity index (χ4n) is 7.95. The molecular weight excluding hydrogens is 650 g/mol. The maximum atomic E-state index is 13.0. The zero-order chi connectivity index (χ0) is 36.4. The molecule has 4 rings (SSSR count). The smallest absolute Gasteiger partial charge is 0.418 e. The van der Waals surface area contributed by atoms with Crippen LogP contribution in [0.5, 0.6) is 0 Å². The first kappa shape index (κ1) is 41.3. The number of nitrogens with one attached hydrogen (secondary N) is 1. The fourth-order valence-corrected chi connectivity index (χ4v) is 8.34. The monoisotopic (exact) mass is 716 g/mol. The second kappa shape index (κ2) is 18.4. The predicted molar refractivity (Wildman–Crippen MR) is 189 cm³/mol. The Bertz CT molecular complexity index is 1140. The van der Waals surface area contributed by atoms with Crippen molar-refractivity contribution in [3.05, 3.63) is 0 Å². The number of amides is 4. The molecule has 0 aliphatic carbocycles. The van der Waals surface area contributed by atoms with E-state index < -0.39 is 34.1 Å². The average molecular weight is 717 g/mol. The Morgan fingerprint density at radius 1 is 0.837 bits per heavy atom. The molecule has 0 saturated carbocycles. The largest absolute Gasteiger partial charge is 0.444 e. The van der Waals surface area contributed by atoms with E-state index >= 15 is 0 Å². The van der Waals surface area contributed by atoms with E-state index in [0.29, 0.717) is 30.7 Å². The summed E-state index contributed by atoms with van der Waals surface area (Å²) in [5, 5.41) is 3.65. The number of hydrogen-bond donors (Lipinski definition) is 2. The van der Waals surface area contributed by atoms with Gasteiger partial charge < -0.3 is 24.3 Å². The van der Waals surface area contributed by atoms with Gasteiger partial charge in [0.25, 0.3) is 0 Å². The summed E-state index contributed by atoms with van der Waals surface area (Å²) in [6.07, 6.45) is 14.4. The van der Waals surface area contributed by atoms with Crippen molar-refractivity contribution in [3.8, 4) is 0 Å². The third kappa shape index (κ3) is 12.0. The fraction of sp³-hybridized carbons (Fsp3) is 0.914. The minimum Gasteiger partial charge on any atom is -0.444 e. The van der Waals surface area contributed by atoms with Gasteiger partial charge in [-0.3, -0.25) is 9.35 Å². The van der Waals surface area contributed by atoms with Gasteiger partial charge in [-0.05, 0) is 85.0 Å². The number of unbranched alkanes of at least 4 members (excludes halogenated alkanes) is 4. The predicted octanol–water partition coefficient (Wildman–Crippen LogP) is 6.04. The van der Waals surface area contributed by atoms with E-state index in [4.69, 9.17) is 9.29 Å². The minimum absolute atomic E-state index is 0.00305. The lowest BCUT2D eigenvalue weighted by Gasteiger charge is -2.40. The summed E-state index contributed by atoms with van der Waals surface area (Å²) in [5.74, 6) is -0.305. The molecule has 0 aromatic rings. The molecule has 284 valence electrons. The summed E-state index contributed by atoms with van der Waals surface area (Å²) in [5.41, 5.74) is -0.574. The molecule has 0 radical (unpaired) electrons. The molecule has 49 heavy (non-hydrogen) atoms. The van der Waals surface area contributed by atoms with Crippen LogP contribution in [0.4, 0.5) is 9.59 Å². The van der Waals surface area contributed by atoms with Crippen molar-refractivity contribution in [1.82, 2.24) is 20.2 Å². The standard InChI is InChI=1S/C19H30N4O8S.C16H36N/c1-19(2,3)30-18(26)22-12-4-5-13(22)9-11(8-12)20-16(24)15-7-6-14-10-21(15)17(25)23(14)31-32(27,28)29;1-5-9-13-17(14-10-6-2,15-11-7-3)16-12-8-4/h11-15H,4-10H2,1-3H3,(H,20,24)(H,27,28,29);5-16H2,1-4H3/q;+1/t11?,12?,13?,14-,15+;/m1./s1. The van der Waals surface area contributed by atoms with E-state index in [1.807, 2.05) is 20.8 Å². The van der Waals surface area contributed by atoms with Crippen LogP contribution in [-0.2, 0) is 24.2 Å². The van der Waals surface area contributed by atoms with Crippen LogP contribution in [0.3, 0.4) is 0 Å². The molecule has 4 heterocycles. The average Bonchev–Trinajstić information content (AvgIpc) is 3.43. The van der Waals surface area contributed by atoms with Crippen LogP contribution < -0.4 is 5.32 Å². The van der Waals surface area contributed by atoms with E-state index in [2.05, 4.69) is 37.3 Å². The third-order valence-corrected chi connectivity index (χ3v) is 10.8. The Kier molecular flexibility index (Phi) is 15.5. The molecule has 4 amide bonds. The van der Waals surface area contributed by atoms with E-state index in [0.717, 1.165) is 12.8 Å². The van der Waals surface area contributed by atoms with Crippen molar-refractivity contribution < 1.29 is 40.9 Å². The molecule has 4 aliphatic heterocycles. The second-order valence-electron chi connectivity index (χ2n) is 15.6. The SMILES string of the molecule is CC(C)(C)OC(=O)N1C2CCC1CC(NC(=O)[C@@H]1CC[C@@H]3CN1C(=O)N3OS(=O)(=O)O)C2.CCCC[N+](CCCC)(CCCC)CCCC. The van der Waals surface area contributed by atoms with Gasteiger partial charge in [-0.25, -0.2) is 9.59 Å². The Morgan fingerprint density at radius 3 is 1.73 bits per heavy atom. The Hall–Kier alpha value is -2.16. The van der Waals surface area contributed by atoms with Gasteiger partial charge in [-0.15, -0.1) is 4.28 Å². The quantitative estimate of drug-likeness (QED) is 0.145. The molecule has 14 heteroatoms. The van der Waals surface area contributed by atoms with E-state index in [1.54, 1.807) is 4.90 Å². The second-order valence-corrected chi connectivity index (χ2v) is 16.6. The molecule has 4 atom stereocenters. The highest BCUT2D eigenvalue weighted by atomic mass is 32.3.